The van der Waals surface area contributed by atoms with Gasteiger partial charge < -0.3 is 10.2 Å². The quantitative estimate of drug-likeness (QED) is 0.162. The van der Waals surface area contributed by atoms with Crippen molar-refractivity contribution in [2.24, 2.45) is 0 Å². The molecule has 0 saturated carbocycles. The molecule has 8 heteroatoms. The van der Waals surface area contributed by atoms with Crippen LogP contribution < -0.4 is 5.32 Å². The molecule has 3 aromatic rings. The number of hydrogen-bond acceptors (Lipinski definition) is 6. The van der Waals surface area contributed by atoms with Gasteiger partial charge in [-0.15, -0.1) is 0 Å². The summed E-state index contributed by atoms with van der Waals surface area (Å²) in [6.07, 6.45) is 3.17. The summed E-state index contributed by atoms with van der Waals surface area (Å²) in [5, 5.41) is 3.27. The molecule has 1 aliphatic carbocycles. The number of hydrogen-bond donors (Lipinski definition) is 1. The van der Waals surface area contributed by atoms with Crippen LogP contribution in [0.4, 0.5) is 5.69 Å². The molecule has 0 unspecified atom stereocenters. The van der Waals surface area contributed by atoms with E-state index >= 15 is 0 Å². The number of thiocarbonyl (C=S) groups is 2. The van der Waals surface area contributed by atoms with Crippen molar-refractivity contribution in [3.05, 3.63) is 124 Å². The van der Waals surface area contributed by atoms with E-state index in [1.165, 1.54) is 44.0 Å². The second kappa shape index (κ2) is 18.3. The van der Waals surface area contributed by atoms with Gasteiger partial charge in [-0.05, 0) is 98.4 Å². The van der Waals surface area contributed by atoms with Gasteiger partial charge in [-0.3, -0.25) is 14.5 Å². The number of fused-ring (bicyclic) bond motifs is 3. The van der Waals surface area contributed by atoms with Gasteiger partial charge in [-0.1, -0.05) is 133 Å². The predicted molar refractivity (Wildman–Crippen MR) is 228 cm³/mol. The third-order valence-corrected chi connectivity index (χ3v) is 10.9. The smallest absolute Gasteiger partial charge is 0.261 e. The molecule has 0 radical (unpaired) electrons. The minimum absolute atomic E-state index is 0. The minimum Gasteiger partial charge on any atom is -0.359 e. The molecule has 2 amide bonds. The number of amides is 2. The van der Waals surface area contributed by atoms with Crippen molar-refractivity contribution in [3.63, 3.8) is 0 Å². The van der Waals surface area contributed by atoms with E-state index in [0.717, 1.165) is 40.0 Å². The van der Waals surface area contributed by atoms with Crippen molar-refractivity contribution in [2.45, 2.75) is 106 Å². The van der Waals surface area contributed by atoms with Crippen LogP contribution in [0.25, 0.3) is 0 Å². The van der Waals surface area contributed by atoms with E-state index in [9.17, 15) is 9.59 Å². The van der Waals surface area contributed by atoms with E-state index in [2.05, 4.69) is 96.4 Å². The number of nitrogens with one attached hydrogen (secondary N) is 1. The summed E-state index contributed by atoms with van der Waals surface area (Å²) >= 11 is 11.9. The van der Waals surface area contributed by atoms with Gasteiger partial charge in [-0.2, -0.15) is 0 Å². The highest BCUT2D eigenvalue weighted by Gasteiger charge is 2.36. The third-order valence-electron chi connectivity index (χ3n) is 8.93. The molecular weight excluding hydrogens is 687 g/mol. The Morgan fingerprint density at radius 3 is 1.67 bits per heavy atom. The average Bonchev–Trinajstić information content (AvgIpc) is 3.79. The summed E-state index contributed by atoms with van der Waals surface area (Å²) < 4.78 is 0.931. The lowest BCUT2D eigenvalue weighted by atomic mass is 9.99. The van der Waals surface area contributed by atoms with Crippen LogP contribution in [0.2, 0.25) is 0 Å². The first-order chi connectivity index (χ1) is 23.6. The average molecular weight is 742 g/mol. The van der Waals surface area contributed by atoms with Gasteiger partial charge >= 0.3 is 0 Å². The summed E-state index contributed by atoms with van der Waals surface area (Å²) in [7, 11) is 0. The van der Waals surface area contributed by atoms with Crippen molar-refractivity contribution < 1.29 is 9.59 Å². The van der Waals surface area contributed by atoms with E-state index in [1.807, 2.05) is 18.7 Å². The maximum atomic E-state index is 11.8. The zero-order valence-corrected chi connectivity index (χ0v) is 33.2. The molecule has 272 valence electrons. The number of carbonyl (C=O) groups excluding carboxylic acids is 2. The predicted octanol–water partition coefficient (Wildman–Crippen LogP) is 11.1. The maximum absolute atomic E-state index is 11.8. The van der Waals surface area contributed by atoms with Crippen LogP contribution in [0.1, 0.15) is 123 Å². The highest BCUT2D eigenvalue weighted by atomic mass is 32.2. The number of anilines is 1. The Bertz CT molecular complexity index is 1690. The zero-order valence-electron chi connectivity index (χ0n) is 30.8. The van der Waals surface area contributed by atoms with Crippen molar-refractivity contribution in [3.8, 4) is 0 Å². The first-order valence-corrected chi connectivity index (χ1v) is 19.2. The Morgan fingerprint density at radius 1 is 0.686 bits per heavy atom. The largest absolute Gasteiger partial charge is 0.359 e. The first kappa shape index (κ1) is 41.8. The molecular formula is C43H55N3O2S3. The van der Waals surface area contributed by atoms with Crippen molar-refractivity contribution in [1.29, 1.82) is 0 Å². The fourth-order valence-electron chi connectivity index (χ4n) is 6.19. The molecule has 3 aliphatic heterocycles. The van der Waals surface area contributed by atoms with Crippen LogP contribution in [0.5, 0.6) is 0 Å². The van der Waals surface area contributed by atoms with Gasteiger partial charge in [0.25, 0.3) is 11.8 Å². The lowest BCUT2D eigenvalue weighted by molar-refractivity contribution is 0.0609. The van der Waals surface area contributed by atoms with E-state index in [4.69, 9.17) is 24.4 Å². The first-order valence-electron chi connectivity index (χ1n) is 17.4. The van der Waals surface area contributed by atoms with Crippen molar-refractivity contribution >= 4 is 63.0 Å². The summed E-state index contributed by atoms with van der Waals surface area (Å²) in [6.45, 7) is 24.8. The summed E-state index contributed by atoms with van der Waals surface area (Å²) in [4.78, 5) is 27.8. The van der Waals surface area contributed by atoms with Crippen molar-refractivity contribution in [1.82, 2.24) is 9.80 Å². The maximum Gasteiger partial charge on any atom is 0.261 e. The van der Waals surface area contributed by atoms with Gasteiger partial charge in [0.2, 0.25) is 0 Å². The van der Waals surface area contributed by atoms with Crippen LogP contribution in [0, 0.1) is 0 Å². The summed E-state index contributed by atoms with van der Waals surface area (Å²) in [6, 6.07) is 20.8. The Hall–Kier alpha value is -3.59. The normalized spacial score (nSPS) is 15.5. The highest BCUT2D eigenvalue weighted by molar-refractivity contribution is 8.24. The lowest BCUT2D eigenvalue weighted by Gasteiger charge is -2.21. The minimum atomic E-state index is -0.180. The highest BCUT2D eigenvalue weighted by Crippen LogP contribution is 2.30. The molecule has 5 nitrogen and oxygen atoms in total. The molecule has 3 heterocycles. The number of imide groups is 1. The third kappa shape index (κ3) is 10.3. The number of thioether (sulfide) groups is 1. The molecule has 1 N–H and O–H groups in total. The Labute approximate surface area is 322 Å². The number of nitrogens with zero attached hydrogens (tertiary/aromatic N) is 2. The molecule has 1 saturated heterocycles. The molecule has 3 aromatic carbocycles. The monoisotopic (exact) mass is 741 g/mol. The fourth-order valence-corrected chi connectivity index (χ4v) is 8.13. The van der Waals surface area contributed by atoms with Crippen LogP contribution in [-0.4, -0.2) is 48.8 Å². The molecule has 51 heavy (non-hydrogen) atoms. The Kier molecular flexibility index (Phi) is 15.0. The van der Waals surface area contributed by atoms with Gasteiger partial charge in [0.15, 0.2) is 0 Å². The van der Waals surface area contributed by atoms with Crippen LogP contribution in [0.3, 0.4) is 0 Å². The topological polar surface area (TPSA) is 52.7 Å². The molecule has 0 spiro atoms. The molecule has 0 atom stereocenters. The van der Waals surface area contributed by atoms with E-state index in [-0.39, 0.29) is 25.3 Å². The van der Waals surface area contributed by atoms with Gasteiger partial charge in [0.1, 0.15) is 4.32 Å². The van der Waals surface area contributed by atoms with Crippen LogP contribution in [-0.2, 0) is 19.3 Å². The standard InChI is InChI=1S/C13H16.C12H15N.C11H11NO2.C6H9NS3.CH4/c1-9(2)11-4-5-12-6-10(3)7-13(12)8-11;1-8(2)10-4-5-12-11(7-10)6-9(3)13-12;1-7(2)12-10(13)8-5-3-4-6-9(8)11(12)14;1-4(2)7-5(8)3-10-6(7)9;/h4-5,8-9H,3,6-7H2,1-2H3;4-5,7-8,13H,3,6H2,1-2H3;3-7H,1-2H3;4H,3H2,1-2H3;1H4. The number of rotatable bonds is 4. The second-order valence-electron chi connectivity index (χ2n) is 14.3. The summed E-state index contributed by atoms with van der Waals surface area (Å²) in [5.41, 5.74) is 12.0. The molecule has 0 aromatic heterocycles. The fraction of sp³-hybridized carbons (Fsp3) is 0.395. The number of benzene rings is 3. The number of carbonyl (C=O) groups is 2. The molecule has 4 aliphatic rings. The van der Waals surface area contributed by atoms with E-state index < -0.39 is 0 Å². The van der Waals surface area contributed by atoms with Gasteiger partial charge in [0, 0.05) is 29.9 Å². The Morgan fingerprint density at radius 2 is 1.20 bits per heavy atom. The van der Waals surface area contributed by atoms with Crippen LogP contribution in [0.15, 0.2) is 85.1 Å². The van der Waals surface area contributed by atoms with Gasteiger partial charge in [-0.25, -0.2) is 0 Å². The molecule has 1 fully saturated rings. The Balaban J connectivity index is 0.000000184. The molecule has 7 rings (SSSR count). The summed E-state index contributed by atoms with van der Waals surface area (Å²) in [5.74, 6) is 1.78. The van der Waals surface area contributed by atoms with Crippen molar-refractivity contribution in [2.75, 3.05) is 11.1 Å². The van der Waals surface area contributed by atoms with E-state index in [0.29, 0.717) is 29.0 Å². The molecule has 0 bridgehead atoms. The second-order valence-corrected chi connectivity index (χ2v) is 16.4. The zero-order chi connectivity index (χ0) is 36.9. The van der Waals surface area contributed by atoms with Gasteiger partial charge in [0.05, 0.1) is 21.9 Å². The van der Waals surface area contributed by atoms with E-state index in [1.54, 1.807) is 36.0 Å². The van der Waals surface area contributed by atoms with Crippen LogP contribution >= 0.6 is 36.2 Å². The SMILES string of the molecule is C.C=C1Cc2cc(C(C)C)ccc2N1.C=C1Cc2ccc(C(C)C)cc2C1.CC(C)N1C(=O)c2ccccc2C1=O.CC(C)N1C(=S)CSC1=S. The lowest BCUT2D eigenvalue weighted by Crippen LogP contribution is -2.35. The number of allylic oxidation sites excluding steroid dienone is 2.